The Kier molecular flexibility index (Phi) is 54.1. The molecule has 0 bridgehead atoms. The van der Waals surface area contributed by atoms with E-state index in [2.05, 4.69) is 43.5 Å². The second kappa shape index (κ2) is 55.7. The van der Waals surface area contributed by atoms with Gasteiger partial charge in [0.1, 0.15) is 0 Å². The highest BCUT2D eigenvalue weighted by molar-refractivity contribution is 5.76. The van der Waals surface area contributed by atoms with Crippen LogP contribution in [-0.4, -0.2) is 47.4 Å². The quantitative estimate of drug-likeness (QED) is 0.0321. The Morgan fingerprint density at radius 2 is 0.758 bits per heavy atom. The van der Waals surface area contributed by atoms with Crippen LogP contribution in [0.5, 0.6) is 0 Å². The summed E-state index contributed by atoms with van der Waals surface area (Å²) in [6, 6.07) is -0.630. The van der Waals surface area contributed by atoms with Gasteiger partial charge in [-0.25, -0.2) is 0 Å². The maximum Gasteiger partial charge on any atom is 0.305 e. The molecule has 0 heterocycles. The maximum absolute atomic E-state index is 12.4. The molecule has 0 aliphatic carbocycles. The monoisotopic (exact) mass is 928 g/mol. The van der Waals surface area contributed by atoms with Gasteiger partial charge in [-0.3, -0.25) is 9.59 Å². The highest BCUT2D eigenvalue weighted by Crippen LogP contribution is 2.17. The molecule has 0 aromatic heterocycles. The third-order valence-corrected chi connectivity index (χ3v) is 13.4. The fourth-order valence-corrected chi connectivity index (χ4v) is 8.90. The number of esters is 1. The average molecular weight is 929 g/mol. The van der Waals surface area contributed by atoms with Crippen LogP contribution in [0.1, 0.15) is 309 Å². The minimum absolute atomic E-state index is 0.00533. The standard InChI is InChI=1S/C60H113NO5/c1-3-5-7-9-11-13-15-17-19-26-30-34-38-42-46-50-54-60(65)66-55-51-47-43-39-35-31-27-24-22-20-21-23-25-29-33-37-41-45-49-53-59(64)61-57(56-62)58(63)52-48-44-40-36-32-28-18-16-14-12-10-8-6-4-2/h13,15,19,26,48,52,57-58,62-63H,3-12,14,16-18,20-25,27-47,49-51,53-56H2,1-2H3,(H,61,64)/b15-13-,26-19-,52-48+. The van der Waals surface area contributed by atoms with Crippen LogP contribution in [-0.2, 0) is 14.3 Å². The third-order valence-electron chi connectivity index (χ3n) is 13.4. The molecule has 0 rings (SSSR count). The van der Waals surface area contributed by atoms with E-state index < -0.39 is 12.1 Å². The smallest absolute Gasteiger partial charge is 0.305 e. The van der Waals surface area contributed by atoms with Crippen molar-refractivity contribution in [2.24, 2.45) is 0 Å². The number of carbonyl (C=O) groups is 2. The van der Waals surface area contributed by atoms with Crippen LogP contribution >= 0.6 is 0 Å². The van der Waals surface area contributed by atoms with Crippen LogP contribution in [0.15, 0.2) is 36.5 Å². The van der Waals surface area contributed by atoms with Crippen molar-refractivity contribution < 1.29 is 24.5 Å². The Morgan fingerprint density at radius 3 is 1.17 bits per heavy atom. The fraction of sp³-hybridized carbons (Fsp3) is 0.867. The highest BCUT2D eigenvalue weighted by Gasteiger charge is 2.18. The van der Waals surface area contributed by atoms with E-state index in [9.17, 15) is 19.8 Å². The van der Waals surface area contributed by atoms with Gasteiger partial charge in [0.25, 0.3) is 0 Å². The Bertz CT molecular complexity index is 1070. The molecule has 1 amide bonds. The lowest BCUT2D eigenvalue weighted by Crippen LogP contribution is -2.45. The first-order valence-electron chi connectivity index (χ1n) is 29.3. The van der Waals surface area contributed by atoms with Crippen molar-refractivity contribution in [3.63, 3.8) is 0 Å². The summed E-state index contributed by atoms with van der Waals surface area (Å²) >= 11 is 0. The van der Waals surface area contributed by atoms with E-state index >= 15 is 0 Å². The normalized spacial score (nSPS) is 12.8. The fourth-order valence-electron chi connectivity index (χ4n) is 8.90. The Balaban J connectivity index is 3.43. The van der Waals surface area contributed by atoms with Crippen LogP contribution < -0.4 is 5.32 Å². The van der Waals surface area contributed by atoms with E-state index in [4.69, 9.17) is 4.74 Å². The SMILES string of the molecule is CCCCCC/C=C\C/C=C\CCCCCCCC(=O)OCCCCCCCCCCCCCCCCCCCCCC(=O)NC(CO)C(O)/C=C/CCCCCCCCCCCCCC. The molecule has 0 spiro atoms. The molecule has 0 saturated carbocycles. The van der Waals surface area contributed by atoms with Crippen LogP contribution in [0, 0.1) is 0 Å². The number of hydrogen-bond donors (Lipinski definition) is 3. The summed E-state index contributed by atoms with van der Waals surface area (Å²) in [4.78, 5) is 24.5. The summed E-state index contributed by atoms with van der Waals surface area (Å²) in [5.74, 6) is -0.0762. The third kappa shape index (κ3) is 51.5. The molecule has 0 aromatic carbocycles. The van der Waals surface area contributed by atoms with E-state index in [1.54, 1.807) is 6.08 Å². The molecule has 0 aliphatic heterocycles. The zero-order chi connectivity index (χ0) is 47.9. The van der Waals surface area contributed by atoms with Gasteiger partial charge in [0.05, 0.1) is 25.4 Å². The Morgan fingerprint density at radius 1 is 0.424 bits per heavy atom. The molecule has 66 heavy (non-hydrogen) atoms. The van der Waals surface area contributed by atoms with Crippen molar-refractivity contribution in [3.05, 3.63) is 36.5 Å². The zero-order valence-corrected chi connectivity index (χ0v) is 44.2. The van der Waals surface area contributed by atoms with Gasteiger partial charge in [0.2, 0.25) is 5.91 Å². The van der Waals surface area contributed by atoms with E-state index in [1.165, 1.54) is 231 Å². The first kappa shape index (κ1) is 64.1. The van der Waals surface area contributed by atoms with E-state index in [0.717, 1.165) is 51.4 Å². The van der Waals surface area contributed by atoms with Crippen molar-refractivity contribution in [2.75, 3.05) is 13.2 Å². The molecule has 6 heteroatoms. The first-order valence-corrected chi connectivity index (χ1v) is 29.3. The molecule has 3 N–H and O–H groups in total. The summed E-state index contributed by atoms with van der Waals surface area (Å²) in [6.07, 6.45) is 68.8. The number of ether oxygens (including phenoxy) is 1. The summed E-state index contributed by atoms with van der Waals surface area (Å²) in [5.41, 5.74) is 0. The zero-order valence-electron chi connectivity index (χ0n) is 44.2. The average Bonchev–Trinajstić information content (AvgIpc) is 3.32. The lowest BCUT2D eigenvalue weighted by atomic mass is 10.0. The molecule has 0 saturated heterocycles. The van der Waals surface area contributed by atoms with Gasteiger partial charge in [0.15, 0.2) is 0 Å². The second-order valence-electron chi connectivity index (χ2n) is 20.0. The molecular formula is C60H113NO5. The van der Waals surface area contributed by atoms with Gasteiger partial charge in [-0.15, -0.1) is 0 Å². The summed E-state index contributed by atoms with van der Waals surface area (Å²) in [5, 5.41) is 23.1. The number of allylic oxidation sites excluding steroid dienone is 5. The minimum Gasteiger partial charge on any atom is -0.466 e. The molecular weight excluding hydrogens is 815 g/mol. The van der Waals surface area contributed by atoms with Crippen molar-refractivity contribution in [3.8, 4) is 0 Å². The number of unbranched alkanes of at least 4 members (excludes halogenated alkanes) is 39. The van der Waals surface area contributed by atoms with E-state index in [1.807, 2.05) is 6.08 Å². The first-order chi connectivity index (χ1) is 32.5. The van der Waals surface area contributed by atoms with E-state index in [-0.39, 0.29) is 18.5 Å². The topological polar surface area (TPSA) is 95.9 Å². The summed E-state index contributed by atoms with van der Waals surface area (Å²) in [6.45, 7) is 4.88. The second-order valence-corrected chi connectivity index (χ2v) is 20.0. The van der Waals surface area contributed by atoms with Gasteiger partial charge in [0, 0.05) is 12.8 Å². The lowest BCUT2D eigenvalue weighted by molar-refractivity contribution is -0.143. The lowest BCUT2D eigenvalue weighted by Gasteiger charge is -2.20. The number of aliphatic hydroxyl groups excluding tert-OH is 2. The largest absolute Gasteiger partial charge is 0.466 e. The summed E-state index contributed by atoms with van der Waals surface area (Å²) < 4.78 is 5.48. The molecule has 0 radical (unpaired) electrons. The van der Waals surface area contributed by atoms with Crippen LogP contribution in [0.2, 0.25) is 0 Å². The highest BCUT2D eigenvalue weighted by atomic mass is 16.5. The van der Waals surface area contributed by atoms with Crippen LogP contribution in [0.3, 0.4) is 0 Å². The van der Waals surface area contributed by atoms with Gasteiger partial charge in [-0.05, 0) is 64.2 Å². The van der Waals surface area contributed by atoms with Gasteiger partial charge in [-0.1, -0.05) is 269 Å². The maximum atomic E-state index is 12.4. The number of carbonyl (C=O) groups excluding carboxylic acids is 2. The predicted molar refractivity (Wildman–Crippen MR) is 287 cm³/mol. The Labute approximate surface area is 411 Å². The number of aliphatic hydroxyl groups is 2. The Hall–Kier alpha value is -1.92. The number of hydrogen-bond acceptors (Lipinski definition) is 5. The number of nitrogens with one attached hydrogen (secondary N) is 1. The van der Waals surface area contributed by atoms with Gasteiger partial charge in [-0.2, -0.15) is 0 Å². The molecule has 388 valence electrons. The minimum atomic E-state index is -0.846. The number of rotatable bonds is 54. The molecule has 2 unspecified atom stereocenters. The predicted octanol–water partition coefficient (Wildman–Crippen LogP) is 18.0. The van der Waals surface area contributed by atoms with Crippen molar-refractivity contribution in [1.82, 2.24) is 5.32 Å². The van der Waals surface area contributed by atoms with Crippen molar-refractivity contribution in [2.45, 2.75) is 321 Å². The number of amides is 1. The molecule has 0 aliphatic rings. The van der Waals surface area contributed by atoms with Crippen molar-refractivity contribution >= 4 is 11.9 Å². The molecule has 6 nitrogen and oxygen atoms in total. The van der Waals surface area contributed by atoms with Crippen molar-refractivity contribution in [1.29, 1.82) is 0 Å². The molecule has 0 aromatic rings. The van der Waals surface area contributed by atoms with Crippen LogP contribution in [0.25, 0.3) is 0 Å². The van der Waals surface area contributed by atoms with Gasteiger partial charge >= 0.3 is 5.97 Å². The van der Waals surface area contributed by atoms with Gasteiger partial charge < -0.3 is 20.3 Å². The van der Waals surface area contributed by atoms with Crippen LogP contribution in [0.4, 0.5) is 0 Å². The van der Waals surface area contributed by atoms with E-state index in [0.29, 0.717) is 19.4 Å². The summed E-state index contributed by atoms with van der Waals surface area (Å²) in [7, 11) is 0. The molecule has 2 atom stereocenters. The molecule has 0 fully saturated rings.